The van der Waals surface area contributed by atoms with Crippen molar-refractivity contribution in [3.8, 4) is 11.4 Å². The number of benzene rings is 2. The Labute approximate surface area is 230 Å². The minimum absolute atomic E-state index is 0.0257. The Morgan fingerprint density at radius 1 is 0.872 bits per heavy atom. The molecule has 2 saturated heterocycles. The molecule has 0 unspecified atom stereocenters. The van der Waals surface area contributed by atoms with Crippen molar-refractivity contribution < 1.29 is 19.1 Å². The second kappa shape index (κ2) is 11.1. The number of carbonyl (C=O) groups is 2. The molecule has 1 aromatic heterocycles. The van der Waals surface area contributed by atoms with Crippen LogP contribution in [0.1, 0.15) is 73.5 Å². The van der Waals surface area contributed by atoms with Crippen molar-refractivity contribution in [1.82, 2.24) is 19.6 Å². The van der Waals surface area contributed by atoms with E-state index in [-0.39, 0.29) is 17.9 Å². The number of rotatable bonds is 5. The molecular formula is C31H38N4O4. The molecule has 8 heteroatoms. The lowest BCUT2D eigenvalue weighted by atomic mass is 9.90. The quantitative estimate of drug-likeness (QED) is 0.428. The molecule has 0 saturated carbocycles. The predicted octanol–water partition coefficient (Wildman–Crippen LogP) is 5.63. The number of methoxy groups -OCH3 is 1. The molecule has 0 bridgehead atoms. The van der Waals surface area contributed by atoms with E-state index < -0.39 is 5.60 Å². The third-order valence-electron chi connectivity index (χ3n) is 7.63. The van der Waals surface area contributed by atoms with E-state index in [4.69, 9.17) is 14.6 Å². The van der Waals surface area contributed by atoms with Crippen LogP contribution in [-0.2, 0) is 4.74 Å². The first kappa shape index (κ1) is 26.8. The summed E-state index contributed by atoms with van der Waals surface area (Å²) in [7, 11) is 1.64. The molecule has 8 nitrogen and oxygen atoms in total. The molecule has 2 amide bonds. The van der Waals surface area contributed by atoms with Gasteiger partial charge < -0.3 is 19.3 Å². The van der Waals surface area contributed by atoms with Gasteiger partial charge in [-0.25, -0.2) is 9.48 Å². The number of carbonyl (C=O) groups excluding carboxylic acids is 2. The Kier molecular flexibility index (Phi) is 7.64. The zero-order valence-corrected chi connectivity index (χ0v) is 23.3. The molecule has 206 valence electrons. The van der Waals surface area contributed by atoms with Crippen molar-refractivity contribution in [2.75, 3.05) is 33.3 Å². The summed E-state index contributed by atoms with van der Waals surface area (Å²) in [5.74, 6) is 1.21. The van der Waals surface area contributed by atoms with Crippen molar-refractivity contribution in [2.24, 2.45) is 0 Å². The standard InChI is InChI=1S/C31H38N4O4/c1-31(2,3)39-30(37)33-17-14-23(15-18-33)28-27(20-32-35(28)25-10-12-26(38-4)13-11-25)29(36)34-19-16-24(21-34)22-8-6-5-7-9-22/h5-13,20,23-24H,14-19,21H2,1-4H3/t24-/m0/s1. The fourth-order valence-corrected chi connectivity index (χ4v) is 5.62. The minimum Gasteiger partial charge on any atom is -0.497 e. The van der Waals surface area contributed by atoms with E-state index >= 15 is 0 Å². The summed E-state index contributed by atoms with van der Waals surface area (Å²) in [5, 5.41) is 4.71. The Hall–Kier alpha value is -3.81. The van der Waals surface area contributed by atoms with Gasteiger partial charge in [-0.1, -0.05) is 30.3 Å². The Morgan fingerprint density at radius 3 is 2.15 bits per heavy atom. The van der Waals surface area contributed by atoms with Gasteiger partial charge in [-0.15, -0.1) is 0 Å². The number of nitrogens with zero attached hydrogens (tertiary/aromatic N) is 4. The van der Waals surface area contributed by atoms with Crippen LogP contribution in [0, 0.1) is 0 Å². The molecule has 2 aromatic carbocycles. The van der Waals surface area contributed by atoms with Gasteiger partial charge in [-0.05, 0) is 69.9 Å². The molecule has 5 rings (SSSR count). The smallest absolute Gasteiger partial charge is 0.410 e. The lowest BCUT2D eigenvalue weighted by molar-refractivity contribution is 0.0203. The van der Waals surface area contributed by atoms with Crippen LogP contribution < -0.4 is 4.74 Å². The average Bonchev–Trinajstić information content (AvgIpc) is 3.61. The van der Waals surface area contributed by atoms with Gasteiger partial charge in [-0.2, -0.15) is 5.10 Å². The second-order valence-electron chi connectivity index (χ2n) is 11.4. The van der Waals surface area contributed by atoms with Crippen molar-refractivity contribution in [2.45, 2.75) is 57.5 Å². The Bertz CT molecular complexity index is 1290. The first-order valence-corrected chi connectivity index (χ1v) is 13.8. The lowest BCUT2D eigenvalue weighted by Gasteiger charge is -2.34. The van der Waals surface area contributed by atoms with E-state index in [1.165, 1.54) is 5.56 Å². The third kappa shape index (κ3) is 5.95. The summed E-state index contributed by atoms with van der Waals surface area (Å²) in [5.41, 5.74) is 3.18. The molecule has 2 aliphatic rings. The van der Waals surface area contributed by atoms with E-state index in [0.29, 0.717) is 31.1 Å². The molecule has 2 fully saturated rings. The summed E-state index contributed by atoms with van der Waals surface area (Å²) >= 11 is 0. The van der Waals surface area contributed by atoms with Gasteiger partial charge in [0.15, 0.2) is 0 Å². The molecule has 0 radical (unpaired) electrons. The van der Waals surface area contributed by atoms with E-state index in [1.54, 1.807) is 18.2 Å². The topological polar surface area (TPSA) is 76.9 Å². The highest BCUT2D eigenvalue weighted by atomic mass is 16.6. The molecule has 3 heterocycles. The number of likely N-dealkylation sites (tertiary alicyclic amines) is 2. The molecule has 1 atom stereocenters. The van der Waals surface area contributed by atoms with Crippen LogP contribution in [0.15, 0.2) is 60.8 Å². The number of aromatic nitrogens is 2. The van der Waals surface area contributed by atoms with Crippen LogP contribution in [-0.4, -0.2) is 70.5 Å². The van der Waals surface area contributed by atoms with Crippen molar-refractivity contribution >= 4 is 12.0 Å². The number of hydrogen-bond donors (Lipinski definition) is 0. The number of amides is 2. The zero-order chi connectivity index (χ0) is 27.6. The summed E-state index contributed by atoms with van der Waals surface area (Å²) in [6.45, 7) is 8.20. The molecule has 0 aliphatic carbocycles. The first-order valence-electron chi connectivity index (χ1n) is 13.8. The fraction of sp³-hybridized carbons (Fsp3) is 0.452. The van der Waals surface area contributed by atoms with Crippen molar-refractivity contribution in [1.29, 1.82) is 0 Å². The van der Waals surface area contributed by atoms with Gasteiger partial charge in [0, 0.05) is 38.0 Å². The maximum absolute atomic E-state index is 13.9. The molecule has 3 aromatic rings. The van der Waals surface area contributed by atoms with Crippen LogP contribution in [0.3, 0.4) is 0 Å². The highest BCUT2D eigenvalue weighted by molar-refractivity contribution is 5.95. The van der Waals surface area contributed by atoms with Gasteiger partial charge in [0.1, 0.15) is 11.4 Å². The number of hydrogen-bond acceptors (Lipinski definition) is 5. The summed E-state index contributed by atoms with van der Waals surface area (Å²) < 4.78 is 12.8. The summed E-state index contributed by atoms with van der Waals surface area (Å²) in [4.78, 5) is 30.3. The van der Waals surface area contributed by atoms with Crippen molar-refractivity contribution in [3.05, 3.63) is 77.6 Å². The van der Waals surface area contributed by atoms with Gasteiger partial charge in [-0.3, -0.25) is 4.79 Å². The molecular weight excluding hydrogens is 492 g/mol. The molecule has 39 heavy (non-hydrogen) atoms. The molecule has 2 aliphatic heterocycles. The average molecular weight is 531 g/mol. The van der Waals surface area contributed by atoms with Crippen LogP contribution in [0.4, 0.5) is 4.79 Å². The second-order valence-corrected chi connectivity index (χ2v) is 11.4. The highest BCUT2D eigenvalue weighted by Crippen LogP contribution is 2.35. The summed E-state index contributed by atoms with van der Waals surface area (Å²) in [6.07, 6.45) is 3.84. The van der Waals surface area contributed by atoms with Gasteiger partial charge in [0.25, 0.3) is 5.91 Å². The normalized spacial score (nSPS) is 18.3. The number of ether oxygens (including phenoxy) is 2. The van der Waals surface area contributed by atoms with E-state index in [0.717, 1.165) is 42.9 Å². The molecule has 0 spiro atoms. The molecule has 0 N–H and O–H groups in total. The highest BCUT2D eigenvalue weighted by Gasteiger charge is 2.35. The Morgan fingerprint density at radius 2 is 1.51 bits per heavy atom. The van der Waals surface area contributed by atoms with Crippen molar-refractivity contribution in [3.63, 3.8) is 0 Å². The number of piperidine rings is 1. The predicted molar refractivity (Wildman–Crippen MR) is 150 cm³/mol. The van der Waals surface area contributed by atoms with Crippen LogP contribution in [0.5, 0.6) is 5.75 Å². The minimum atomic E-state index is -0.534. The Balaban J connectivity index is 1.40. The van der Waals surface area contributed by atoms with E-state index in [2.05, 4.69) is 24.3 Å². The lowest BCUT2D eigenvalue weighted by Crippen LogP contribution is -2.41. The van der Waals surface area contributed by atoms with Crippen LogP contribution in [0.25, 0.3) is 5.69 Å². The monoisotopic (exact) mass is 530 g/mol. The van der Waals surface area contributed by atoms with E-state index in [9.17, 15) is 9.59 Å². The first-order chi connectivity index (χ1) is 18.7. The van der Waals surface area contributed by atoms with E-state index in [1.807, 2.05) is 60.7 Å². The largest absolute Gasteiger partial charge is 0.497 e. The SMILES string of the molecule is COc1ccc(-n2ncc(C(=O)N3CC[C@H](c4ccccc4)C3)c2C2CCN(C(=O)OC(C)(C)C)CC2)cc1. The van der Waals surface area contributed by atoms with Gasteiger partial charge in [0.2, 0.25) is 0 Å². The summed E-state index contributed by atoms with van der Waals surface area (Å²) in [6, 6.07) is 18.1. The van der Waals surface area contributed by atoms with Crippen LogP contribution >= 0.6 is 0 Å². The fourth-order valence-electron chi connectivity index (χ4n) is 5.62. The van der Waals surface area contributed by atoms with Gasteiger partial charge in [0.05, 0.1) is 30.3 Å². The zero-order valence-electron chi connectivity index (χ0n) is 23.3. The third-order valence-corrected chi connectivity index (χ3v) is 7.63. The maximum atomic E-state index is 13.9. The van der Waals surface area contributed by atoms with Crippen LogP contribution in [0.2, 0.25) is 0 Å². The maximum Gasteiger partial charge on any atom is 0.410 e. The van der Waals surface area contributed by atoms with Gasteiger partial charge >= 0.3 is 6.09 Å².